The number of carboxylic acid groups (broad SMARTS) is 1. The fraction of sp³-hybridized carbons (Fsp3) is 0.421. The molecule has 0 spiro atoms. The van der Waals surface area contributed by atoms with Gasteiger partial charge >= 0.3 is 12.1 Å². The van der Waals surface area contributed by atoms with Gasteiger partial charge in [0, 0.05) is 18.5 Å². The highest BCUT2D eigenvalue weighted by molar-refractivity contribution is 7.89. The number of nitrogens with one attached hydrogen (secondary N) is 2. The van der Waals surface area contributed by atoms with Crippen molar-refractivity contribution in [3.63, 3.8) is 0 Å². The van der Waals surface area contributed by atoms with Gasteiger partial charge in [-0.1, -0.05) is 67.9 Å². The first-order valence-electron chi connectivity index (χ1n) is 16.9. The molecule has 3 N–H and O–H groups in total. The molecule has 0 aliphatic carbocycles. The van der Waals surface area contributed by atoms with Crippen LogP contribution in [0, 0.1) is 12.3 Å². The lowest BCUT2D eigenvalue weighted by Crippen LogP contribution is -2.57. The SMILES string of the molecule is Cc1ccc(S(=O)(=O)N(C(=O)[C@H]2NCCC2(C)C)[C@@H](Cc2ccc(NC(=O)[C@@H]3Cc4ccccc4CN3C(=O)OC(C)(C)C)cc2)C(=O)O)cc1. The average Bonchev–Trinajstić information content (AvgIpc) is 3.42. The number of carbonyl (C=O) groups excluding carboxylic acids is 3. The molecular formula is C38H46N4O8S. The van der Waals surface area contributed by atoms with Crippen molar-refractivity contribution in [2.24, 2.45) is 5.41 Å². The summed E-state index contributed by atoms with van der Waals surface area (Å²) in [5.74, 6) is -2.75. The summed E-state index contributed by atoms with van der Waals surface area (Å²) < 4.78 is 34.3. The maximum absolute atomic E-state index is 14.1. The van der Waals surface area contributed by atoms with Crippen molar-refractivity contribution < 1.29 is 37.4 Å². The number of carboxylic acids is 1. The fourth-order valence-corrected chi connectivity index (χ4v) is 8.03. The van der Waals surface area contributed by atoms with E-state index >= 15 is 0 Å². The highest BCUT2D eigenvalue weighted by atomic mass is 32.2. The lowest BCUT2D eigenvalue weighted by atomic mass is 9.84. The van der Waals surface area contributed by atoms with Crippen LogP contribution in [-0.4, -0.2) is 76.9 Å². The van der Waals surface area contributed by atoms with Crippen LogP contribution >= 0.6 is 0 Å². The lowest BCUT2D eigenvalue weighted by Gasteiger charge is -2.36. The number of aliphatic carboxylic acids is 1. The second-order valence-electron chi connectivity index (χ2n) is 14.9. The maximum atomic E-state index is 14.1. The van der Waals surface area contributed by atoms with Gasteiger partial charge in [-0.25, -0.2) is 22.3 Å². The Morgan fingerprint density at radius 3 is 2.20 bits per heavy atom. The van der Waals surface area contributed by atoms with Crippen LogP contribution in [0.2, 0.25) is 0 Å². The third kappa shape index (κ3) is 8.42. The second kappa shape index (κ2) is 14.5. The molecule has 3 atom stereocenters. The summed E-state index contributed by atoms with van der Waals surface area (Å²) in [4.78, 5) is 55.0. The van der Waals surface area contributed by atoms with E-state index in [4.69, 9.17) is 4.74 Å². The van der Waals surface area contributed by atoms with E-state index in [0.29, 0.717) is 28.5 Å². The molecule has 1 saturated heterocycles. The molecule has 0 aromatic heterocycles. The van der Waals surface area contributed by atoms with Crippen molar-refractivity contribution >= 4 is 39.6 Å². The Hall–Kier alpha value is -4.75. The standard InChI is InChI=1S/C38H46N4O8S/c1-24-11-17-29(18-12-24)51(48,49)42(34(44)32-38(5,6)19-20-39-32)31(35(45)46)21-25-13-15-28(16-14-25)40-33(43)30-22-26-9-7-8-10-27(26)23-41(30)36(47)50-37(2,3)4/h7-18,30-32,39H,19-23H2,1-6H3,(H,40,43)(H,45,46)/t30-,31-,32+/m0/s1. The average molecular weight is 719 g/mol. The molecule has 12 nitrogen and oxygen atoms in total. The van der Waals surface area contributed by atoms with Crippen LogP contribution in [0.4, 0.5) is 10.5 Å². The van der Waals surface area contributed by atoms with Gasteiger partial charge in [0.15, 0.2) is 0 Å². The molecule has 51 heavy (non-hydrogen) atoms. The fourth-order valence-electron chi connectivity index (χ4n) is 6.48. The Balaban J connectivity index is 1.39. The molecule has 3 aromatic rings. The first-order chi connectivity index (χ1) is 23.9. The summed E-state index contributed by atoms with van der Waals surface area (Å²) in [5, 5.41) is 16.4. The molecular weight excluding hydrogens is 673 g/mol. The number of hydrogen-bond donors (Lipinski definition) is 3. The van der Waals surface area contributed by atoms with E-state index in [0.717, 1.165) is 16.7 Å². The summed E-state index contributed by atoms with van der Waals surface area (Å²) in [6.07, 6.45) is -0.0382. The van der Waals surface area contributed by atoms with E-state index in [1.54, 1.807) is 64.1 Å². The number of fused-ring (bicyclic) bond motifs is 1. The zero-order valence-electron chi connectivity index (χ0n) is 29.8. The van der Waals surface area contributed by atoms with Gasteiger partial charge in [0.05, 0.1) is 17.5 Å². The lowest BCUT2D eigenvalue weighted by molar-refractivity contribution is -0.147. The van der Waals surface area contributed by atoms with Gasteiger partial charge in [-0.05, 0) is 87.0 Å². The van der Waals surface area contributed by atoms with E-state index in [1.807, 2.05) is 38.1 Å². The minimum Gasteiger partial charge on any atom is -0.480 e. The summed E-state index contributed by atoms with van der Waals surface area (Å²) >= 11 is 0. The number of aryl methyl sites for hydroxylation is 1. The van der Waals surface area contributed by atoms with Crippen LogP contribution in [-0.2, 0) is 48.5 Å². The predicted octanol–water partition coefficient (Wildman–Crippen LogP) is 4.90. The Morgan fingerprint density at radius 2 is 1.63 bits per heavy atom. The van der Waals surface area contributed by atoms with E-state index in [-0.39, 0.29) is 24.3 Å². The molecule has 2 aliphatic rings. The van der Waals surface area contributed by atoms with Crippen LogP contribution in [0.3, 0.4) is 0 Å². The van der Waals surface area contributed by atoms with Crippen LogP contribution in [0.5, 0.6) is 0 Å². The molecule has 5 rings (SSSR count). The number of carbonyl (C=O) groups is 4. The van der Waals surface area contributed by atoms with Crippen LogP contribution in [0.15, 0.2) is 77.7 Å². The second-order valence-corrected chi connectivity index (χ2v) is 16.7. The van der Waals surface area contributed by atoms with Crippen molar-refractivity contribution in [2.45, 2.75) is 96.0 Å². The van der Waals surface area contributed by atoms with E-state index in [9.17, 15) is 32.7 Å². The number of rotatable bonds is 9. The van der Waals surface area contributed by atoms with Crippen LogP contribution in [0.25, 0.3) is 0 Å². The smallest absolute Gasteiger partial charge is 0.411 e. The molecule has 3 aromatic carbocycles. The number of anilines is 1. The number of hydrogen-bond acceptors (Lipinski definition) is 8. The topological polar surface area (TPSA) is 162 Å². The Labute approximate surface area is 299 Å². The minimum atomic E-state index is -4.59. The molecule has 1 fully saturated rings. The normalized spacial score (nSPS) is 19.1. The quantitative estimate of drug-likeness (QED) is 0.280. The number of ether oxygens (including phenoxy) is 1. The van der Waals surface area contributed by atoms with Gasteiger partial charge in [0.1, 0.15) is 17.7 Å². The van der Waals surface area contributed by atoms with Crippen molar-refractivity contribution in [1.29, 1.82) is 0 Å². The van der Waals surface area contributed by atoms with Gasteiger partial charge in [0.25, 0.3) is 15.9 Å². The van der Waals surface area contributed by atoms with Crippen LogP contribution in [0.1, 0.15) is 63.3 Å². The highest BCUT2D eigenvalue weighted by Crippen LogP contribution is 2.34. The molecule has 0 unspecified atom stereocenters. The Kier molecular flexibility index (Phi) is 10.6. The van der Waals surface area contributed by atoms with Gasteiger partial charge in [0.2, 0.25) is 5.91 Å². The monoisotopic (exact) mass is 718 g/mol. The number of amides is 3. The van der Waals surface area contributed by atoms with Crippen molar-refractivity contribution in [2.75, 3.05) is 11.9 Å². The summed E-state index contributed by atoms with van der Waals surface area (Å²) in [7, 11) is -4.59. The molecule has 272 valence electrons. The molecule has 2 aliphatic heterocycles. The minimum absolute atomic E-state index is 0.188. The highest BCUT2D eigenvalue weighted by Gasteiger charge is 2.48. The number of benzene rings is 3. The largest absolute Gasteiger partial charge is 0.480 e. The molecule has 0 saturated carbocycles. The van der Waals surface area contributed by atoms with Gasteiger partial charge in [-0.15, -0.1) is 0 Å². The molecule has 0 bridgehead atoms. The molecule has 2 heterocycles. The molecule has 3 amide bonds. The first kappa shape index (κ1) is 37.5. The number of nitrogens with zero attached hydrogens (tertiary/aromatic N) is 2. The van der Waals surface area contributed by atoms with Crippen molar-refractivity contribution in [1.82, 2.24) is 14.5 Å². The zero-order chi connectivity index (χ0) is 37.3. The third-order valence-electron chi connectivity index (χ3n) is 9.34. The Bertz CT molecular complexity index is 1900. The third-order valence-corrected chi connectivity index (χ3v) is 11.2. The van der Waals surface area contributed by atoms with Crippen molar-refractivity contribution in [3.8, 4) is 0 Å². The zero-order valence-corrected chi connectivity index (χ0v) is 30.6. The first-order valence-corrected chi connectivity index (χ1v) is 18.4. The summed E-state index contributed by atoms with van der Waals surface area (Å²) in [6.45, 7) is 11.4. The molecule has 13 heteroatoms. The summed E-state index contributed by atoms with van der Waals surface area (Å²) in [5.41, 5.74) is 2.12. The van der Waals surface area contributed by atoms with E-state index in [2.05, 4.69) is 10.6 Å². The van der Waals surface area contributed by atoms with E-state index in [1.165, 1.54) is 17.0 Å². The predicted molar refractivity (Wildman–Crippen MR) is 191 cm³/mol. The number of sulfonamides is 1. The van der Waals surface area contributed by atoms with Crippen LogP contribution < -0.4 is 10.6 Å². The van der Waals surface area contributed by atoms with Gasteiger partial charge in [-0.2, -0.15) is 0 Å². The van der Waals surface area contributed by atoms with Gasteiger partial charge < -0.3 is 20.5 Å². The molecule has 0 radical (unpaired) electrons. The summed E-state index contributed by atoms with van der Waals surface area (Å²) in [6, 6.07) is 16.3. The van der Waals surface area contributed by atoms with E-state index < -0.39 is 63.0 Å². The maximum Gasteiger partial charge on any atom is 0.411 e. The Morgan fingerprint density at radius 1 is 1.00 bits per heavy atom. The van der Waals surface area contributed by atoms with Gasteiger partial charge in [-0.3, -0.25) is 14.5 Å². The van der Waals surface area contributed by atoms with Crippen molar-refractivity contribution in [3.05, 3.63) is 95.1 Å².